The average molecular weight is 229 g/mol. The molecule has 2 N–H and O–H groups in total. The van der Waals surface area contributed by atoms with Crippen molar-refractivity contribution < 1.29 is 9.53 Å². The Morgan fingerprint density at radius 3 is 3.06 bits per heavy atom. The first-order chi connectivity index (χ1) is 7.76. The number of nitrogens with one attached hydrogen (secondary N) is 2. The van der Waals surface area contributed by atoms with Crippen LogP contribution in [0.1, 0.15) is 12.8 Å². The summed E-state index contributed by atoms with van der Waals surface area (Å²) < 4.78 is 4.88. The van der Waals surface area contributed by atoms with E-state index >= 15 is 0 Å². The second-order valence-corrected chi connectivity index (χ2v) is 4.21. The zero-order valence-electron chi connectivity index (χ0n) is 10.3. The topological polar surface area (TPSA) is 53.6 Å². The highest BCUT2D eigenvalue weighted by Gasteiger charge is 2.19. The standard InChI is InChI=1S/C11H23N3O2/c1-12-10-4-3-6-14(8-10)9-11(15)13-5-7-16-2/h10,12H,3-9H2,1-2H3,(H,13,15). The van der Waals surface area contributed by atoms with Crippen LogP contribution >= 0.6 is 0 Å². The van der Waals surface area contributed by atoms with Crippen LogP contribution in [0.4, 0.5) is 0 Å². The molecule has 16 heavy (non-hydrogen) atoms. The lowest BCUT2D eigenvalue weighted by molar-refractivity contribution is -0.122. The van der Waals surface area contributed by atoms with Crippen molar-refractivity contribution in [2.45, 2.75) is 18.9 Å². The highest BCUT2D eigenvalue weighted by Crippen LogP contribution is 2.08. The van der Waals surface area contributed by atoms with E-state index in [1.54, 1.807) is 7.11 Å². The summed E-state index contributed by atoms with van der Waals surface area (Å²) in [6.07, 6.45) is 2.37. The number of carbonyl (C=O) groups is 1. The molecular weight excluding hydrogens is 206 g/mol. The number of nitrogens with zero attached hydrogens (tertiary/aromatic N) is 1. The first kappa shape index (κ1) is 13.4. The predicted octanol–water partition coefficient (Wildman–Crippen LogP) is -0.567. The highest BCUT2D eigenvalue weighted by molar-refractivity contribution is 5.77. The molecule has 1 rings (SSSR count). The molecule has 1 unspecified atom stereocenters. The predicted molar refractivity (Wildman–Crippen MR) is 63.4 cm³/mol. The minimum atomic E-state index is 0.0915. The Hall–Kier alpha value is -0.650. The molecule has 5 nitrogen and oxygen atoms in total. The number of amides is 1. The molecule has 0 aliphatic carbocycles. The molecule has 0 aromatic carbocycles. The number of methoxy groups -OCH3 is 1. The summed E-state index contributed by atoms with van der Waals surface area (Å²) >= 11 is 0. The number of carbonyl (C=O) groups excluding carboxylic acids is 1. The largest absolute Gasteiger partial charge is 0.383 e. The third-order valence-electron chi connectivity index (χ3n) is 2.91. The lowest BCUT2D eigenvalue weighted by Crippen LogP contribution is -2.48. The Morgan fingerprint density at radius 1 is 1.56 bits per heavy atom. The van der Waals surface area contributed by atoms with Crippen LogP contribution in [0, 0.1) is 0 Å². The van der Waals surface area contributed by atoms with E-state index in [0.717, 1.165) is 19.5 Å². The number of rotatable bonds is 6. The number of hydrogen-bond donors (Lipinski definition) is 2. The molecule has 94 valence electrons. The van der Waals surface area contributed by atoms with Gasteiger partial charge in [-0.3, -0.25) is 9.69 Å². The Bertz CT molecular complexity index is 211. The van der Waals surface area contributed by atoms with Crippen LogP contribution in [0.2, 0.25) is 0 Å². The second-order valence-electron chi connectivity index (χ2n) is 4.21. The van der Waals surface area contributed by atoms with E-state index in [2.05, 4.69) is 15.5 Å². The van der Waals surface area contributed by atoms with Crippen LogP contribution < -0.4 is 10.6 Å². The van der Waals surface area contributed by atoms with Crippen molar-refractivity contribution in [1.82, 2.24) is 15.5 Å². The van der Waals surface area contributed by atoms with Crippen molar-refractivity contribution in [3.8, 4) is 0 Å². The lowest BCUT2D eigenvalue weighted by atomic mass is 10.1. The van der Waals surface area contributed by atoms with Crippen molar-refractivity contribution >= 4 is 5.91 Å². The SMILES string of the molecule is CNC1CCCN(CC(=O)NCCOC)C1. The summed E-state index contributed by atoms with van der Waals surface area (Å²) in [5, 5.41) is 6.10. The Morgan fingerprint density at radius 2 is 2.38 bits per heavy atom. The fourth-order valence-electron chi connectivity index (χ4n) is 1.99. The van der Waals surface area contributed by atoms with Gasteiger partial charge in [-0.15, -0.1) is 0 Å². The summed E-state index contributed by atoms with van der Waals surface area (Å²) in [5.74, 6) is 0.0915. The third-order valence-corrected chi connectivity index (χ3v) is 2.91. The summed E-state index contributed by atoms with van der Waals surface area (Å²) in [5.41, 5.74) is 0. The molecule has 0 bridgehead atoms. The monoisotopic (exact) mass is 229 g/mol. The van der Waals surface area contributed by atoms with Crippen LogP contribution in [0.15, 0.2) is 0 Å². The minimum absolute atomic E-state index is 0.0915. The summed E-state index contributed by atoms with van der Waals surface area (Å²) in [7, 11) is 3.61. The maximum Gasteiger partial charge on any atom is 0.234 e. The number of ether oxygens (including phenoxy) is 1. The van der Waals surface area contributed by atoms with Gasteiger partial charge in [-0.25, -0.2) is 0 Å². The molecule has 1 fully saturated rings. The molecule has 0 radical (unpaired) electrons. The van der Waals surface area contributed by atoms with Crippen molar-refractivity contribution in [3.63, 3.8) is 0 Å². The average Bonchev–Trinajstić information content (AvgIpc) is 2.29. The van der Waals surface area contributed by atoms with Gasteiger partial charge in [0.15, 0.2) is 0 Å². The summed E-state index contributed by atoms with van der Waals surface area (Å²) in [6.45, 7) is 3.66. The Balaban J connectivity index is 2.17. The number of piperidine rings is 1. The van der Waals surface area contributed by atoms with Gasteiger partial charge in [-0.1, -0.05) is 0 Å². The van der Waals surface area contributed by atoms with Gasteiger partial charge in [0.1, 0.15) is 0 Å². The number of likely N-dealkylation sites (N-methyl/N-ethyl adjacent to an activating group) is 1. The molecule has 1 aliphatic heterocycles. The highest BCUT2D eigenvalue weighted by atomic mass is 16.5. The van der Waals surface area contributed by atoms with Crippen molar-refractivity contribution in [3.05, 3.63) is 0 Å². The van der Waals surface area contributed by atoms with Crippen LogP contribution in [0.25, 0.3) is 0 Å². The van der Waals surface area contributed by atoms with Gasteiger partial charge in [0, 0.05) is 26.2 Å². The molecular formula is C11H23N3O2. The van der Waals surface area contributed by atoms with Crippen LogP contribution in [-0.2, 0) is 9.53 Å². The normalized spacial score (nSPS) is 22.0. The Kier molecular flexibility index (Phi) is 6.37. The maximum atomic E-state index is 11.6. The molecule has 1 atom stereocenters. The van der Waals surface area contributed by atoms with E-state index in [0.29, 0.717) is 25.7 Å². The fourth-order valence-corrected chi connectivity index (χ4v) is 1.99. The lowest BCUT2D eigenvalue weighted by Gasteiger charge is -2.31. The number of likely N-dealkylation sites (tertiary alicyclic amines) is 1. The van der Waals surface area contributed by atoms with Gasteiger partial charge in [0.25, 0.3) is 0 Å². The van der Waals surface area contributed by atoms with E-state index in [9.17, 15) is 4.79 Å². The molecule has 1 heterocycles. The van der Waals surface area contributed by atoms with Gasteiger partial charge in [0.2, 0.25) is 5.91 Å². The molecule has 0 spiro atoms. The molecule has 0 aromatic rings. The zero-order valence-corrected chi connectivity index (χ0v) is 10.3. The van der Waals surface area contributed by atoms with Gasteiger partial charge in [0.05, 0.1) is 13.2 Å². The Labute approximate surface area is 97.5 Å². The van der Waals surface area contributed by atoms with Gasteiger partial charge >= 0.3 is 0 Å². The van der Waals surface area contributed by atoms with Gasteiger partial charge in [-0.2, -0.15) is 0 Å². The summed E-state index contributed by atoms with van der Waals surface area (Å²) in [4.78, 5) is 13.8. The maximum absolute atomic E-state index is 11.6. The summed E-state index contributed by atoms with van der Waals surface area (Å²) in [6, 6.07) is 0.528. The molecule has 1 aliphatic rings. The molecule has 1 saturated heterocycles. The first-order valence-corrected chi connectivity index (χ1v) is 5.91. The van der Waals surface area contributed by atoms with Crippen molar-refractivity contribution in [2.75, 3.05) is 46.9 Å². The second kappa shape index (κ2) is 7.60. The van der Waals surface area contributed by atoms with Crippen LogP contribution in [0.5, 0.6) is 0 Å². The van der Waals surface area contributed by atoms with E-state index in [4.69, 9.17) is 4.74 Å². The van der Waals surface area contributed by atoms with Gasteiger partial charge < -0.3 is 15.4 Å². The quantitative estimate of drug-likeness (QED) is 0.599. The fraction of sp³-hybridized carbons (Fsp3) is 0.909. The zero-order chi connectivity index (χ0) is 11.8. The minimum Gasteiger partial charge on any atom is -0.383 e. The van der Waals surface area contributed by atoms with Crippen molar-refractivity contribution in [1.29, 1.82) is 0 Å². The van der Waals surface area contributed by atoms with Crippen LogP contribution in [0.3, 0.4) is 0 Å². The molecule has 0 saturated carbocycles. The van der Waals surface area contributed by atoms with Crippen molar-refractivity contribution in [2.24, 2.45) is 0 Å². The van der Waals surface area contributed by atoms with E-state index in [1.165, 1.54) is 6.42 Å². The van der Waals surface area contributed by atoms with E-state index in [-0.39, 0.29) is 5.91 Å². The molecule has 0 aromatic heterocycles. The third kappa shape index (κ3) is 4.92. The first-order valence-electron chi connectivity index (χ1n) is 5.91. The van der Waals surface area contributed by atoms with Gasteiger partial charge in [-0.05, 0) is 26.4 Å². The van der Waals surface area contributed by atoms with E-state index < -0.39 is 0 Å². The smallest absolute Gasteiger partial charge is 0.234 e. The molecule has 5 heteroatoms. The van der Waals surface area contributed by atoms with Crippen LogP contribution in [-0.4, -0.2) is 63.8 Å². The number of hydrogen-bond acceptors (Lipinski definition) is 4. The molecule has 1 amide bonds. The van der Waals surface area contributed by atoms with E-state index in [1.807, 2.05) is 7.05 Å².